The Morgan fingerprint density at radius 2 is 1.79 bits per heavy atom. The zero-order valence-electron chi connectivity index (χ0n) is 14.4. The van der Waals surface area contributed by atoms with E-state index in [2.05, 4.69) is 13.8 Å². The molecule has 0 bridgehead atoms. The van der Waals surface area contributed by atoms with Gasteiger partial charge in [0.1, 0.15) is 5.75 Å². The van der Waals surface area contributed by atoms with Crippen LogP contribution in [0.25, 0.3) is 0 Å². The first-order chi connectivity index (χ1) is 11.6. The van der Waals surface area contributed by atoms with Gasteiger partial charge in [-0.05, 0) is 36.6 Å². The maximum Gasteiger partial charge on any atom is 0.311 e. The quantitative estimate of drug-likeness (QED) is 0.478. The van der Waals surface area contributed by atoms with Crippen molar-refractivity contribution in [3.05, 3.63) is 29.8 Å². The molecule has 1 aromatic carbocycles. The summed E-state index contributed by atoms with van der Waals surface area (Å²) >= 11 is 0. The second-order valence-corrected chi connectivity index (χ2v) is 5.71. The van der Waals surface area contributed by atoms with Gasteiger partial charge in [-0.25, -0.2) is 0 Å². The Hall–Kier alpha value is -2.35. The van der Waals surface area contributed by atoms with Crippen molar-refractivity contribution in [1.82, 2.24) is 0 Å². The van der Waals surface area contributed by atoms with E-state index in [1.54, 1.807) is 24.3 Å². The van der Waals surface area contributed by atoms with Gasteiger partial charge in [-0.2, -0.15) is 5.26 Å². The molecule has 0 aromatic heterocycles. The Balaban J connectivity index is 2.27. The highest BCUT2D eigenvalue weighted by Crippen LogP contribution is 2.14. The minimum Gasteiger partial charge on any atom is -0.465 e. The Bertz CT molecular complexity index is 560. The van der Waals surface area contributed by atoms with Gasteiger partial charge < -0.3 is 9.47 Å². The minimum absolute atomic E-state index is 0.0132. The summed E-state index contributed by atoms with van der Waals surface area (Å²) in [4.78, 5) is 23.4. The maximum atomic E-state index is 11.7. The molecule has 0 radical (unpaired) electrons. The molecule has 0 aliphatic rings. The number of hydrogen-bond donors (Lipinski definition) is 0. The molecule has 5 heteroatoms. The second kappa shape index (κ2) is 11.2. The van der Waals surface area contributed by atoms with Crippen LogP contribution in [0.15, 0.2) is 24.3 Å². The lowest BCUT2D eigenvalue weighted by atomic mass is 10.0. The van der Waals surface area contributed by atoms with E-state index in [1.807, 2.05) is 6.07 Å². The monoisotopic (exact) mass is 331 g/mol. The number of esters is 2. The van der Waals surface area contributed by atoms with Crippen LogP contribution in [0.2, 0.25) is 0 Å². The molecule has 0 N–H and O–H groups in total. The van der Waals surface area contributed by atoms with Crippen molar-refractivity contribution in [3.8, 4) is 11.8 Å². The predicted octanol–water partition coefficient (Wildman–Crippen LogP) is 4.00. The number of rotatable bonds is 10. The Kier molecular flexibility index (Phi) is 9.21. The molecule has 0 aliphatic carbocycles. The molecule has 1 atom stereocenters. The third kappa shape index (κ3) is 7.77. The van der Waals surface area contributed by atoms with Crippen LogP contribution < -0.4 is 4.74 Å². The van der Waals surface area contributed by atoms with Crippen LogP contribution in [0, 0.1) is 17.2 Å². The smallest absolute Gasteiger partial charge is 0.311 e. The van der Waals surface area contributed by atoms with Crippen molar-refractivity contribution in [2.45, 2.75) is 52.4 Å². The van der Waals surface area contributed by atoms with Gasteiger partial charge in [0, 0.05) is 0 Å². The van der Waals surface area contributed by atoms with Gasteiger partial charge in [-0.3, -0.25) is 9.59 Å². The Morgan fingerprint density at radius 3 is 2.38 bits per heavy atom. The zero-order valence-corrected chi connectivity index (χ0v) is 14.4. The van der Waals surface area contributed by atoms with Crippen LogP contribution in [0.5, 0.6) is 5.75 Å². The predicted molar refractivity (Wildman–Crippen MR) is 90.3 cm³/mol. The molecule has 0 amide bonds. The Labute approximate surface area is 143 Å². The van der Waals surface area contributed by atoms with Crippen molar-refractivity contribution >= 4 is 11.9 Å². The van der Waals surface area contributed by atoms with Gasteiger partial charge in [-0.1, -0.05) is 33.1 Å². The number of hydrogen-bond acceptors (Lipinski definition) is 5. The number of unbranched alkanes of at least 4 members (excludes halogenated alkanes) is 1. The first kappa shape index (κ1) is 19.7. The molecular formula is C19H25NO4. The van der Waals surface area contributed by atoms with E-state index in [0.717, 1.165) is 25.7 Å². The molecule has 0 saturated heterocycles. The van der Waals surface area contributed by atoms with Crippen molar-refractivity contribution in [3.63, 3.8) is 0 Å². The van der Waals surface area contributed by atoms with E-state index < -0.39 is 5.97 Å². The number of carbonyl (C=O) groups excluding carboxylic acids is 2. The second-order valence-electron chi connectivity index (χ2n) is 5.71. The third-order valence-electron chi connectivity index (χ3n) is 3.77. The van der Waals surface area contributed by atoms with E-state index in [0.29, 0.717) is 23.8 Å². The summed E-state index contributed by atoms with van der Waals surface area (Å²) in [5.74, 6) is -0.117. The largest absolute Gasteiger partial charge is 0.465 e. The standard InChI is InChI=1S/C19H25NO4/c1-3-5-6-15(4-2)14-23-18(21)11-12-19(22)24-17-9-7-16(13-20)8-10-17/h7-10,15H,3-6,11-12,14H2,1-2H3. The molecule has 1 rings (SSSR count). The van der Waals surface area contributed by atoms with Gasteiger partial charge >= 0.3 is 11.9 Å². The van der Waals surface area contributed by atoms with Gasteiger partial charge in [0.2, 0.25) is 0 Å². The fraction of sp³-hybridized carbons (Fsp3) is 0.526. The first-order valence-corrected chi connectivity index (χ1v) is 8.45. The van der Waals surface area contributed by atoms with Crippen LogP contribution in [0.1, 0.15) is 57.9 Å². The summed E-state index contributed by atoms with van der Waals surface area (Å²) in [6, 6.07) is 8.22. The number of nitriles is 1. The molecule has 24 heavy (non-hydrogen) atoms. The fourth-order valence-electron chi connectivity index (χ4n) is 2.17. The van der Waals surface area contributed by atoms with E-state index in [1.165, 1.54) is 0 Å². The number of benzene rings is 1. The molecular weight excluding hydrogens is 306 g/mol. The number of carbonyl (C=O) groups is 2. The molecule has 0 spiro atoms. The highest BCUT2D eigenvalue weighted by atomic mass is 16.5. The highest BCUT2D eigenvalue weighted by Gasteiger charge is 2.13. The van der Waals surface area contributed by atoms with Crippen LogP contribution in [0.3, 0.4) is 0 Å². The van der Waals surface area contributed by atoms with Crippen LogP contribution in [0.4, 0.5) is 0 Å². The van der Waals surface area contributed by atoms with Crippen LogP contribution in [-0.4, -0.2) is 18.5 Å². The van der Waals surface area contributed by atoms with Crippen molar-refractivity contribution < 1.29 is 19.1 Å². The number of ether oxygens (including phenoxy) is 2. The average Bonchev–Trinajstić information content (AvgIpc) is 2.60. The summed E-state index contributed by atoms with van der Waals surface area (Å²) in [6.45, 7) is 4.64. The summed E-state index contributed by atoms with van der Waals surface area (Å²) < 4.78 is 10.3. The van der Waals surface area contributed by atoms with Crippen molar-refractivity contribution in [2.24, 2.45) is 5.92 Å². The van der Waals surface area contributed by atoms with E-state index in [9.17, 15) is 9.59 Å². The summed E-state index contributed by atoms with van der Waals surface area (Å²) in [6.07, 6.45) is 4.29. The average molecular weight is 331 g/mol. The van der Waals surface area contributed by atoms with Crippen molar-refractivity contribution in [2.75, 3.05) is 6.61 Å². The first-order valence-electron chi connectivity index (χ1n) is 8.45. The third-order valence-corrected chi connectivity index (χ3v) is 3.77. The summed E-state index contributed by atoms with van der Waals surface area (Å²) in [7, 11) is 0. The SMILES string of the molecule is CCCCC(CC)COC(=O)CCC(=O)Oc1ccc(C#N)cc1. The normalized spacial score (nSPS) is 11.4. The lowest BCUT2D eigenvalue weighted by Crippen LogP contribution is -2.16. The number of nitrogens with zero attached hydrogens (tertiary/aromatic N) is 1. The van der Waals surface area contributed by atoms with E-state index in [-0.39, 0.29) is 18.8 Å². The molecule has 0 aliphatic heterocycles. The van der Waals surface area contributed by atoms with E-state index in [4.69, 9.17) is 14.7 Å². The Morgan fingerprint density at radius 1 is 1.12 bits per heavy atom. The molecule has 1 aromatic rings. The lowest BCUT2D eigenvalue weighted by molar-refractivity contribution is -0.148. The molecule has 0 heterocycles. The summed E-state index contributed by atoms with van der Waals surface area (Å²) in [5, 5.41) is 8.70. The molecule has 1 unspecified atom stereocenters. The van der Waals surface area contributed by atoms with Crippen LogP contribution in [-0.2, 0) is 14.3 Å². The van der Waals surface area contributed by atoms with Gasteiger partial charge in [-0.15, -0.1) is 0 Å². The van der Waals surface area contributed by atoms with Crippen molar-refractivity contribution in [1.29, 1.82) is 5.26 Å². The highest BCUT2D eigenvalue weighted by molar-refractivity contribution is 5.79. The molecule has 0 saturated carbocycles. The molecule has 0 fully saturated rings. The van der Waals surface area contributed by atoms with Gasteiger partial charge in [0.25, 0.3) is 0 Å². The van der Waals surface area contributed by atoms with Gasteiger partial charge in [0.15, 0.2) is 0 Å². The van der Waals surface area contributed by atoms with E-state index >= 15 is 0 Å². The zero-order chi connectivity index (χ0) is 17.8. The fourth-order valence-corrected chi connectivity index (χ4v) is 2.17. The topological polar surface area (TPSA) is 76.4 Å². The summed E-state index contributed by atoms with van der Waals surface area (Å²) in [5.41, 5.74) is 0.493. The van der Waals surface area contributed by atoms with Crippen LogP contribution >= 0.6 is 0 Å². The molecule has 130 valence electrons. The lowest BCUT2D eigenvalue weighted by Gasteiger charge is -2.14. The van der Waals surface area contributed by atoms with Gasteiger partial charge in [0.05, 0.1) is 31.1 Å². The maximum absolute atomic E-state index is 11.7. The minimum atomic E-state index is -0.491. The molecule has 5 nitrogen and oxygen atoms in total.